The predicted molar refractivity (Wildman–Crippen MR) is 101 cm³/mol. The van der Waals surface area contributed by atoms with Gasteiger partial charge in [0, 0.05) is 5.92 Å². The quantitative estimate of drug-likeness (QED) is 0.728. The van der Waals surface area contributed by atoms with Crippen molar-refractivity contribution in [2.75, 3.05) is 14.2 Å². The van der Waals surface area contributed by atoms with Gasteiger partial charge in [-0.1, -0.05) is 26.8 Å². The van der Waals surface area contributed by atoms with Gasteiger partial charge in [-0.15, -0.1) is 0 Å². The fraction of sp³-hybridized carbons (Fsp3) is 0.833. The lowest BCUT2D eigenvalue weighted by atomic mass is 9.65. The SMILES string of the molecule is CO[Si](OC)=C1CCC(B2OC(C)(C)C(C)(C)O2)=CC1C(C)(C)C. The van der Waals surface area contributed by atoms with Crippen molar-refractivity contribution in [3.05, 3.63) is 11.5 Å². The molecular weight excluding hydrogens is 319 g/mol. The van der Waals surface area contributed by atoms with Crippen LogP contribution in [0.2, 0.25) is 0 Å². The van der Waals surface area contributed by atoms with Crippen molar-refractivity contribution in [1.82, 2.24) is 0 Å². The van der Waals surface area contributed by atoms with E-state index in [-0.39, 0.29) is 23.7 Å². The minimum Gasteiger partial charge on any atom is -0.526 e. The van der Waals surface area contributed by atoms with E-state index in [1.165, 1.54) is 10.6 Å². The molecule has 1 fully saturated rings. The lowest BCUT2D eigenvalue weighted by molar-refractivity contribution is 0.00578. The highest BCUT2D eigenvalue weighted by atomic mass is 28.3. The van der Waals surface area contributed by atoms with Gasteiger partial charge in [0.05, 0.1) is 25.4 Å². The highest BCUT2D eigenvalue weighted by Crippen LogP contribution is 2.42. The second-order valence-electron chi connectivity index (χ2n) is 8.89. The zero-order valence-corrected chi connectivity index (χ0v) is 17.8. The summed E-state index contributed by atoms with van der Waals surface area (Å²) in [5.41, 5.74) is 0.768. The van der Waals surface area contributed by atoms with Gasteiger partial charge >= 0.3 is 16.0 Å². The summed E-state index contributed by atoms with van der Waals surface area (Å²) in [6.45, 7) is 15.2. The van der Waals surface area contributed by atoms with Crippen molar-refractivity contribution < 1.29 is 18.2 Å². The standard InChI is InChI=1S/C18H33BO4Si/c1-16(2,3)14-12-13(10-11-15(14)24(20-8)21-9)19-22-17(4,5)18(6,7)23-19/h12,14H,10-11H2,1-9H3. The van der Waals surface area contributed by atoms with Gasteiger partial charge < -0.3 is 18.2 Å². The first-order valence-corrected chi connectivity index (χ1v) is 10.1. The van der Waals surface area contributed by atoms with E-state index in [0.717, 1.165) is 12.8 Å². The van der Waals surface area contributed by atoms with Crippen molar-refractivity contribution in [2.24, 2.45) is 11.3 Å². The first kappa shape index (κ1) is 19.7. The van der Waals surface area contributed by atoms with Gasteiger partial charge in [0.25, 0.3) is 0 Å². The molecule has 1 aliphatic carbocycles. The third kappa shape index (κ3) is 3.65. The molecule has 1 unspecified atom stereocenters. The predicted octanol–water partition coefficient (Wildman–Crippen LogP) is 3.54. The van der Waals surface area contributed by atoms with Crippen molar-refractivity contribution in [3.63, 3.8) is 0 Å². The number of rotatable bonds is 3. The Kier molecular flexibility index (Phi) is 5.44. The van der Waals surface area contributed by atoms with E-state index in [1.54, 1.807) is 14.2 Å². The summed E-state index contributed by atoms with van der Waals surface area (Å²) >= 11 is 0. The average molecular weight is 352 g/mol. The van der Waals surface area contributed by atoms with Crippen LogP contribution >= 0.6 is 0 Å². The van der Waals surface area contributed by atoms with Crippen LogP contribution in [0.1, 0.15) is 61.3 Å². The average Bonchev–Trinajstić information content (AvgIpc) is 2.68. The lowest BCUT2D eigenvalue weighted by Crippen LogP contribution is -2.41. The molecule has 1 atom stereocenters. The molecule has 1 heterocycles. The highest BCUT2D eigenvalue weighted by molar-refractivity contribution is 6.62. The van der Waals surface area contributed by atoms with Crippen LogP contribution in [0.3, 0.4) is 0 Å². The second kappa shape index (κ2) is 6.62. The normalized spacial score (nSPS) is 26.2. The Morgan fingerprint density at radius 3 is 1.96 bits per heavy atom. The maximum atomic E-state index is 6.26. The van der Waals surface area contributed by atoms with E-state index in [1.807, 2.05) is 0 Å². The Morgan fingerprint density at radius 1 is 1.04 bits per heavy atom. The summed E-state index contributed by atoms with van der Waals surface area (Å²) in [6.07, 6.45) is 4.27. The van der Waals surface area contributed by atoms with Crippen molar-refractivity contribution >= 4 is 21.2 Å². The topological polar surface area (TPSA) is 36.9 Å². The van der Waals surface area contributed by atoms with Crippen LogP contribution in [0.5, 0.6) is 0 Å². The van der Waals surface area contributed by atoms with Crippen molar-refractivity contribution in [2.45, 2.75) is 72.5 Å². The largest absolute Gasteiger partial charge is 0.526 e. The van der Waals surface area contributed by atoms with Gasteiger partial charge in [-0.25, -0.2) is 0 Å². The maximum Gasteiger partial charge on any atom is 0.490 e. The summed E-state index contributed by atoms with van der Waals surface area (Å²) in [7, 11) is 1.89. The summed E-state index contributed by atoms with van der Waals surface area (Å²) in [5, 5.41) is 1.40. The molecular formula is C18H33BO4Si. The molecule has 0 amide bonds. The third-order valence-corrected chi connectivity index (χ3v) is 7.39. The summed E-state index contributed by atoms with van der Waals surface area (Å²) in [6, 6.07) is 0. The lowest BCUT2D eigenvalue weighted by Gasteiger charge is -2.35. The zero-order chi connectivity index (χ0) is 18.3. The van der Waals surface area contributed by atoms with Crippen molar-refractivity contribution in [3.8, 4) is 0 Å². The molecule has 1 aliphatic heterocycles. The molecule has 0 aromatic carbocycles. The molecule has 2 aliphatic rings. The van der Waals surface area contributed by atoms with E-state index in [9.17, 15) is 0 Å². The molecule has 0 bridgehead atoms. The summed E-state index contributed by atoms with van der Waals surface area (Å²) < 4.78 is 23.8. The van der Waals surface area contributed by atoms with Gasteiger partial charge in [-0.3, -0.25) is 0 Å². The molecule has 0 aromatic rings. The first-order valence-electron chi connectivity index (χ1n) is 8.80. The van der Waals surface area contributed by atoms with E-state index in [4.69, 9.17) is 18.2 Å². The van der Waals surface area contributed by atoms with Gasteiger partial charge in [-0.05, 0) is 56.6 Å². The maximum absolute atomic E-state index is 6.26. The van der Waals surface area contributed by atoms with Crippen LogP contribution < -0.4 is 0 Å². The van der Waals surface area contributed by atoms with Gasteiger partial charge in [-0.2, -0.15) is 0 Å². The van der Waals surface area contributed by atoms with E-state index >= 15 is 0 Å². The zero-order valence-electron chi connectivity index (χ0n) is 16.8. The van der Waals surface area contributed by atoms with Gasteiger partial charge in [0.1, 0.15) is 0 Å². The molecule has 4 nitrogen and oxygen atoms in total. The highest BCUT2D eigenvalue weighted by Gasteiger charge is 2.53. The summed E-state index contributed by atoms with van der Waals surface area (Å²) in [5.74, 6) is 0.314. The molecule has 0 N–H and O–H groups in total. The number of hydrogen-bond donors (Lipinski definition) is 0. The molecule has 0 saturated carbocycles. The van der Waals surface area contributed by atoms with Gasteiger partial charge in [0.2, 0.25) is 0 Å². The Morgan fingerprint density at radius 2 is 1.54 bits per heavy atom. The Hall–Kier alpha value is -0.588. The summed E-state index contributed by atoms with van der Waals surface area (Å²) in [4.78, 5) is 0. The molecule has 0 spiro atoms. The second-order valence-corrected chi connectivity index (χ2v) is 10.9. The number of allylic oxidation sites excluding steroid dienone is 2. The van der Waals surface area contributed by atoms with E-state index < -0.39 is 8.90 Å². The molecule has 0 aromatic heterocycles. The van der Waals surface area contributed by atoms with Crippen LogP contribution in [-0.2, 0) is 18.2 Å². The fourth-order valence-corrected chi connectivity index (χ4v) is 5.16. The van der Waals surface area contributed by atoms with E-state index in [0.29, 0.717) is 5.92 Å². The van der Waals surface area contributed by atoms with E-state index in [2.05, 4.69) is 54.5 Å². The number of hydrogen-bond acceptors (Lipinski definition) is 4. The molecule has 6 heteroatoms. The van der Waals surface area contributed by atoms with Crippen LogP contribution in [0.25, 0.3) is 0 Å². The monoisotopic (exact) mass is 352 g/mol. The molecule has 136 valence electrons. The Bertz CT molecular complexity index is 524. The molecule has 0 radical (unpaired) electrons. The first-order chi connectivity index (χ1) is 10.9. The molecule has 2 rings (SSSR count). The van der Waals surface area contributed by atoms with Gasteiger partial charge in [0.15, 0.2) is 0 Å². The Labute approximate surface area is 149 Å². The molecule has 24 heavy (non-hydrogen) atoms. The smallest absolute Gasteiger partial charge is 0.490 e. The third-order valence-electron chi connectivity index (χ3n) is 5.56. The van der Waals surface area contributed by atoms with Crippen LogP contribution in [0.4, 0.5) is 0 Å². The van der Waals surface area contributed by atoms with Crippen LogP contribution in [-0.4, -0.2) is 46.6 Å². The van der Waals surface area contributed by atoms with Crippen molar-refractivity contribution in [1.29, 1.82) is 0 Å². The Balaban J connectivity index is 2.37. The van der Waals surface area contributed by atoms with Crippen LogP contribution in [0.15, 0.2) is 11.5 Å². The van der Waals surface area contributed by atoms with Crippen LogP contribution in [0, 0.1) is 11.3 Å². The fourth-order valence-electron chi connectivity index (χ4n) is 3.37. The molecule has 1 saturated heterocycles. The minimum absolute atomic E-state index is 0.109. The minimum atomic E-state index is -1.36.